The molecule has 0 radical (unpaired) electrons. The van der Waals surface area contributed by atoms with Crippen molar-refractivity contribution < 1.29 is 19.4 Å². The maximum absolute atomic E-state index is 10.3. The van der Waals surface area contributed by atoms with Gasteiger partial charge in [0.25, 0.3) is 0 Å². The number of aldehydes is 1. The molecule has 0 aliphatic carbocycles. The standard InChI is InChI=1S/C7H10O4/c1-6(10)11-7(5-9)3-2-4-8/h2-4,7,9H,5H2,1H3/b3-2+. The van der Waals surface area contributed by atoms with Crippen LogP contribution >= 0.6 is 0 Å². The summed E-state index contributed by atoms with van der Waals surface area (Å²) in [7, 11) is 0. The number of carbonyl (C=O) groups excluding carboxylic acids is 2. The van der Waals surface area contributed by atoms with Crippen molar-refractivity contribution in [2.45, 2.75) is 13.0 Å². The predicted molar refractivity (Wildman–Crippen MR) is 37.8 cm³/mol. The normalized spacial score (nSPS) is 12.9. The van der Waals surface area contributed by atoms with Gasteiger partial charge >= 0.3 is 5.97 Å². The second-order valence-electron chi connectivity index (χ2n) is 1.85. The zero-order chi connectivity index (χ0) is 8.69. The quantitative estimate of drug-likeness (QED) is 0.345. The fraction of sp³-hybridized carbons (Fsp3) is 0.429. The van der Waals surface area contributed by atoms with Crippen LogP contribution in [0.5, 0.6) is 0 Å². The Labute approximate surface area is 64.5 Å². The topological polar surface area (TPSA) is 63.6 Å². The van der Waals surface area contributed by atoms with Crippen LogP contribution in [0.1, 0.15) is 6.92 Å². The minimum absolute atomic E-state index is 0.316. The number of hydrogen-bond donors (Lipinski definition) is 1. The average Bonchev–Trinajstić information content (AvgIpc) is 1.97. The van der Waals surface area contributed by atoms with Gasteiger partial charge in [-0.25, -0.2) is 0 Å². The van der Waals surface area contributed by atoms with Crippen molar-refractivity contribution in [3.8, 4) is 0 Å². The van der Waals surface area contributed by atoms with Crippen LogP contribution in [-0.4, -0.2) is 30.1 Å². The Bertz CT molecular complexity index is 162. The molecule has 0 aromatic heterocycles. The number of aliphatic hydroxyl groups excluding tert-OH is 1. The van der Waals surface area contributed by atoms with Gasteiger partial charge in [-0.05, 0) is 12.2 Å². The summed E-state index contributed by atoms with van der Waals surface area (Å²) in [6, 6.07) is 0. The molecule has 0 bridgehead atoms. The van der Waals surface area contributed by atoms with Crippen LogP contribution < -0.4 is 0 Å². The molecule has 0 saturated carbocycles. The number of ether oxygens (including phenoxy) is 1. The minimum atomic E-state index is -0.710. The van der Waals surface area contributed by atoms with Crippen LogP contribution in [0.25, 0.3) is 0 Å². The van der Waals surface area contributed by atoms with Gasteiger partial charge in [0.05, 0.1) is 6.61 Å². The first-order chi connectivity index (χ1) is 5.20. The van der Waals surface area contributed by atoms with Crippen LogP contribution in [0.4, 0.5) is 0 Å². The zero-order valence-electron chi connectivity index (χ0n) is 6.19. The second kappa shape index (κ2) is 5.61. The smallest absolute Gasteiger partial charge is 0.303 e. The highest BCUT2D eigenvalue weighted by Crippen LogP contribution is 1.92. The summed E-state index contributed by atoms with van der Waals surface area (Å²) in [6.07, 6.45) is 2.32. The van der Waals surface area contributed by atoms with Crippen LogP contribution in [0.15, 0.2) is 12.2 Å². The Morgan fingerprint density at radius 3 is 2.73 bits per heavy atom. The molecule has 0 aromatic carbocycles. The average molecular weight is 158 g/mol. The Balaban J connectivity index is 3.84. The summed E-state index contributed by atoms with van der Waals surface area (Å²) in [5.74, 6) is -0.486. The molecule has 62 valence electrons. The number of aliphatic hydroxyl groups is 1. The van der Waals surface area contributed by atoms with E-state index in [9.17, 15) is 9.59 Å². The molecule has 0 saturated heterocycles. The predicted octanol–water partition coefficient (Wildman–Crippen LogP) is -0.334. The number of hydrogen-bond acceptors (Lipinski definition) is 4. The number of rotatable bonds is 4. The highest BCUT2D eigenvalue weighted by atomic mass is 16.5. The van der Waals surface area contributed by atoms with E-state index in [4.69, 9.17) is 5.11 Å². The summed E-state index contributed by atoms with van der Waals surface area (Å²) in [6.45, 7) is 0.918. The van der Waals surface area contributed by atoms with Gasteiger partial charge in [-0.15, -0.1) is 0 Å². The molecule has 0 aliphatic heterocycles. The van der Waals surface area contributed by atoms with Crippen molar-refractivity contribution in [3.63, 3.8) is 0 Å². The molecule has 0 amide bonds. The van der Waals surface area contributed by atoms with Crippen LogP contribution in [0, 0.1) is 0 Å². The molecule has 4 nitrogen and oxygen atoms in total. The highest BCUT2D eigenvalue weighted by molar-refractivity contribution is 5.67. The maximum Gasteiger partial charge on any atom is 0.303 e. The van der Waals surface area contributed by atoms with E-state index in [2.05, 4.69) is 4.74 Å². The Morgan fingerprint density at radius 2 is 2.36 bits per heavy atom. The van der Waals surface area contributed by atoms with Gasteiger partial charge in [-0.1, -0.05) is 0 Å². The van der Waals surface area contributed by atoms with Crippen LogP contribution in [0.2, 0.25) is 0 Å². The first kappa shape index (κ1) is 9.84. The molecular weight excluding hydrogens is 148 g/mol. The van der Waals surface area contributed by atoms with Gasteiger partial charge in [0.2, 0.25) is 0 Å². The van der Waals surface area contributed by atoms with Crippen molar-refractivity contribution >= 4 is 12.3 Å². The molecular formula is C7H10O4. The van der Waals surface area contributed by atoms with E-state index in [0.29, 0.717) is 6.29 Å². The summed E-state index contributed by atoms with van der Waals surface area (Å²) >= 11 is 0. The van der Waals surface area contributed by atoms with E-state index in [1.807, 2.05) is 0 Å². The van der Waals surface area contributed by atoms with Crippen molar-refractivity contribution in [1.29, 1.82) is 0 Å². The lowest BCUT2D eigenvalue weighted by Gasteiger charge is -2.07. The third-order valence-electron chi connectivity index (χ3n) is 0.902. The van der Waals surface area contributed by atoms with Gasteiger partial charge in [0.15, 0.2) is 0 Å². The van der Waals surface area contributed by atoms with Crippen LogP contribution in [0.3, 0.4) is 0 Å². The summed E-state index contributed by atoms with van der Waals surface area (Å²) < 4.78 is 4.57. The van der Waals surface area contributed by atoms with E-state index in [-0.39, 0.29) is 6.61 Å². The molecule has 0 aliphatic rings. The lowest BCUT2D eigenvalue weighted by molar-refractivity contribution is -0.145. The van der Waals surface area contributed by atoms with Crippen LogP contribution in [-0.2, 0) is 14.3 Å². The van der Waals surface area contributed by atoms with Gasteiger partial charge in [0.1, 0.15) is 12.4 Å². The van der Waals surface area contributed by atoms with E-state index in [1.165, 1.54) is 19.1 Å². The number of carbonyl (C=O) groups is 2. The molecule has 11 heavy (non-hydrogen) atoms. The number of allylic oxidation sites excluding steroid dienone is 1. The van der Waals surface area contributed by atoms with Gasteiger partial charge < -0.3 is 9.84 Å². The fourth-order valence-electron chi connectivity index (χ4n) is 0.520. The van der Waals surface area contributed by atoms with Gasteiger partial charge in [0, 0.05) is 6.92 Å². The van der Waals surface area contributed by atoms with Crippen molar-refractivity contribution in [2.75, 3.05) is 6.61 Å². The second-order valence-corrected chi connectivity index (χ2v) is 1.85. The summed E-state index contributed by atoms with van der Waals surface area (Å²) in [5, 5.41) is 8.56. The third kappa shape index (κ3) is 5.29. The molecule has 0 spiro atoms. The van der Waals surface area contributed by atoms with E-state index >= 15 is 0 Å². The van der Waals surface area contributed by atoms with Gasteiger partial charge in [-0.3, -0.25) is 9.59 Å². The van der Waals surface area contributed by atoms with Gasteiger partial charge in [-0.2, -0.15) is 0 Å². The Morgan fingerprint density at radius 1 is 1.73 bits per heavy atom. The summed E-state index contributed by atoms with van der Waals surface area (Å²) in [4.78, 5) is 20.1. The lowest BCUT2D eigenvalue weighted by atomic mass is 10.3. The molecule has 1 atom stereocenters. The molecule has 0 heterocycles. The first-order valence-corrected chi connectivity index (χ1v) is 3.10. The molecule has 1 unspecified atom stereocenters. The molecule has 0 rings (SSSR count). The largest absolute Gasteiger partial charge is 0.456 e. The highest BCUT2D eigenvalue weighted by Gasteiger charge is 2.04. The first-order valence-electron chi connectivity index (χ1n) is 3.10. The van der Waals surface area contributed by atoms with Crippen molar-refractivity contribution in [2.24, 2.45) is 0 Å². The monoisotopic (exact) mass is 158 g/mol. The minimum Gasteiger partial charge on any atom is -0.456 e. The lowest BCUT2D eigenvalue weighted by Crippen LogP contribution is -2.17. The van der Waals surface area contributed by atoms with E-state index < -0.39 is 12.1 Å². The summed E-state index contributed by atoms with van der Waals surface area (Å²) in [5.41, 5.74) is 0. The third-order valence-corrected chi connectivity index (χ3v) is 0.902. The zero-order valence-corrected chi connectivity index (χ0v) is 6.19. The van der Waals surface area contributed by atoms with E-state index in [1.54, 1.807) is 0 Å². The van der Waals surface area contributed by atoms with Crippen molar-refractivity contribution in [1.82, 2.24) is 0 Å². The Kier molecular flexibility index (Phi) is 5.02. The fourth-order valence-corrected chi connectivity index (χ4v) is 0.520. The molecule has 1 N–H and O–H groups in total. The van der Waals surface area contributed by atoms with E-state index in [0.717, 1.165) is 0 Å². The SMILES string of the molecule is CC(=O)OC(/C=C/C=O)CO. The molecule has 0 aromatic rings. The Hall–Kier alpha value is -1.16. The van der Waals surface area contributed by atoms with Crippen molar-refractivity contribution in [3.05, 3.63) is 12.2 Å². The molecule has 4 heteroatoms. The number of esters is 1. The molecule has 0 fully saturated rings. The maximum atomic E-state index is 10.3.